The molecule has 1 fully saturated rings. The molecule has 0 saturated carbocycles. The molecule has 2 rings (SSSR count). The molecule has 0 amide bonds. The minimum absolute atomic E-state index is 0.0530. The van der Waals surface area contributed by atoms with Gasteiger partial charge in [-0.15, -0.1) is 0 Å². The third-order valence-corrected chi connectivity index (χ3v) is 2.78. The van der Waals surface area contributed by atoms with Gasteiger partial charge in [-0.1, -0.05) is 12.1 Å². The smallest absolute Gasteiger partial charge is 0.339 e. The van der Waals surface area contributed by atoms with Crippen molar-refractivity contribution in [2.75, 3.05) is 19.8 Å². The Bertz CT molecular complexity index is 468. The van der Waals surface area contributed by atoms with Crippen LogP contribution >= 0.6 is 0 Å². The van der Waals surface area contributed by atoms with Crippen LogP contribution in [0.3, 0.4) is 0 Å². The highest BCUT2D eigenvalue weighted by molar-refractivity contribution is 6.02. The number of hydrogen-bond donors (Lipinski definition) is 2. The van der Waals surface area contributed by atoms with E-state index in [1.54, 1.807) is 12.1 Å². The number of ether oxygens (including phenoxy) is 2. The number of esters is 1. The maximum absolute atomic E-state index is 11.8. The second-order valence-electron chi connectivity index (χ2n) is 4.09. The SMILES string of the molecule is O=C(O)c1ccccc1C(=O)OCCC1NCCO1. The van der Waals surface area contributed by atoms with Crippen LogP contribution in [0.2, 0.25) is 0 Å². The van der Waals surface area contributed by atoms with E-state index >= 15 is 0 Å². The number of carbonyl (C=O) groups is 2. The predicted octanol–water partition coefficient (Wildman–Crippen LogP) is 0.878. The summed E-state index contributed by atoms with van der Waals surface area (Å²) in [6, 6.07) is 5.98. The molecule has 0 radical (unpaired) electrons. The van der Waals surface area contributed by atoms with Crippen LogP contribution in [0.1, 0.15) is 27.1 Å². The number of aromatic carboxylic acids is 1. The molecule has 6 nitrogen and oxygen atoms in total. The maximum atomic E-state index is 11.8. The topological polar surface area (TPSA) is 84.9 Å². The molecule has 1 atom stereocenters. The fourth-order valence-electron chi connectivity index (χ4n) is 1.85. The van der Waals surface area contributed by atoms with Gasteiger partial charge in [0.25, 0.3) is 0 Å². The fraction of sp³-hybridized carbons (Fsp3) is 0.385. The second-order valence-corrected chi connectivity index (χ2v) is 4.09. The van der Waals surface area contributed by atoms with Crippen molar-refractivity contribution in [2.24, 2.45) is 0 Å². The number of benzene rings is 1. The lowest BCUT2D eigenvalue weighted by Crippen LogP contribution is -2.25. The van der Waals surface area contributed by atoms with Crippen molar-refractivity contribution in [3.05, 3.63) is 35.4 Å². The Morgan fingerprint density at radius 1 is 1.37 bits per heavy atom. The van der Waals surface area contributed by atoms with Crippen molar-refractivity contribution in [1.29, 1.82) is 0 Å². The molecule has 1 aromatic carbocycles. The summed E-state index contributed by atoms with van der Waals surface area (Å²) in [5.74, 6) is -1.77. The van der Waals surface area contributed by atoms with Crippen LogP contribution in [0, 0.1) is 0 Å². The van der Waals surface area contributed by atoms with E-state index in [1.807, 2.05) is 0 Å². The molecule has 1 aliphatic heterocycles. The Hall–Kier alpha value is -1.92. The van der Waals surface area contributed by atoms with E-state index in [2.05, 4.69) is 5.32 Å². The summed E-state index contributed by atoms with van der Waals surface area (Å²) < 4.78 is 10.4. The van der Waals surface area contributed by atoms with Gasteiger partial charge in [0.05, 0.1) is 24.3 Å². The number of carboxylic acid groups (broad SMARTS) is 1. The maximum Gasteiger partial charge on any atom is 0.339 e. The number of hydrogen-bond acceptors (Lipinski definition) is 5. The Morgan fingerprint density at radius 2 is 2.11 bits per heavy atom. The Labute approximate surface area is 110 Å². The first-order valence-corrected chi connectivity index (χ1v) is 6.03. The van der Waals surface area contributed by atoms with Crippen LogP contribution in [-0.4, -0.2) is 43.0 Å². The molecule has 19 heavy (non-hydrogen) atoms. The first-order chi connectivity index (χ1) is 9.18. The minimum atomic E-state index is -1.15. The van der Waals surface area contributed by atoms with E-state index in [0.29, 0.717) is 13.0 Å². The highest BCUT2D eigenvalue weighted by Gasteiger charge is 2.18. The minimum Gasteiger partial charge on any atom is -0.478 e. The number of carbonyl (C=O) groups excluding carboxylic acids is 1. The van der Waals surface area contributed by atoms with Crippen LogP contribution in [0.15, 0.2) is 24.3 Å². The Morgan fingerprint density at radius 3 is 2.74 bits per heavy atom. The molecule has 6 heteroatoms. The number of nitrogens with one attached hydrogen (secondary N) is 1. The van der Waals surface area contributed by atoms with Crippen LogP contribution in [0.4, 0.5) is 0 Å². The molecule has 1 saturated heterocycles. The zero-order valence-corrected chi connectivity index (χ0v) is 10.3. The summed E-state index contributed by atoms with van der Waals surface area (Å²) in [5, 5.41) is 12.1. The van der Waals surface area contributed by atoms with E-state index in [4.69, 9.17) is 14.6 Å². The molecule has 1 heterocycles. The summed E-state index contributed by atoms with van der Waals surface area (Å²) in [7, 11) is 0. The standard InChI is InChI=1S/C13H15NO5/c15-12(16)9-3-1-2-4-10(9)13(17)19-7-5-11-14-6-8-18-11/h1-4,11,14H,5-8H2,(H,15,16). The zero-order chi connectivity index (χ0) is 13.7. The van der Waals surface area contributed by atoms with Gasteiger partial charge in [0.15, 0.2) is 0 Å². The van der Waals surface area contributed by atoms with Gasteiger partial charge in [-0.25, -0.2) is 9.59 Å². The fourth-order valence-corrected chi connectivity index (χ4v) is 1.85. The zero-order valence-electron chi connectivity index (χ0n) is 10.3. The molecule has 0 aliphatic carbocycles. The molecule has 0 spiro atoms. The molecule has 1 aromatic rings. The normalized spacial score (nSPS) is 18.2. The van der Waals surface area contributed by atoms with Gasteiger partial charge in [-0.3, -0.25) is 5.32 Å². The van der Waals surface area contributed by atoms with Crippen molar-refractivity contribution >= 4 is 11.9 Å². The van der Waals surface area contributed by atoms with Crippen molar-refractivity contribution < 1.29 is 24.2 Å². The van der Waals surface area contributed by atoms with E-state index in [1.165, 1.54) is 12.1 Å². The van der Waals surface area contributed by atoms with Crippen LogP contribution in [0.25, 0.3) is 0 Å². The Kier molecular flexibility index (Phi) is 4.48. The second kappa shape index (κ2) is 6.31. The van der Waals surface area contributed by atoms with Crippen molar-refractivity contribution in [1.82, 2.24) is 5.32 Å². The lowest BCUT2D eigenvalue weighted by molar-refractivity contribution is 0.0355. The first kappa shape index (κ1) is 13.5. The van der Waals surface area contributed by atoms with Crippen LogP contribution in [-0.2, 0) is 9.47 Å². The molecule has 2 N–H and O–H groups in total. The summed E-state index contributed by atoms with van der Waals surface area (Å²) in [4.78, 5) is 22.8. The molecule has 0 aromatic heterocycles. The van der Waals surface area contributed by atoms with E-state index < -0.39 is 11.9 Å². The van der Waals surface area contributed by atoms with Gasteiger partial charge in [0.2, 0.25) is 0 Å². The molecule has 102 valence electrons. The lowest BCUT2D eigenvalue weighted by atomic mass is 10.1. The Balaban J connectivity index is 1.90. The van der Waals surface area contributed by atoms with Crippen LogP contribution in [0.5, 0.6) is 0 Å². The summed E-state index contributed by atoms with van der Waals surface area (Å²) in [5.41, 5.74) is 0.0121. The van der Waals surface area contributed by atoms with Gasteiger partial charge in [0.1, 0.15) is 6.23 Å². The summed E-state index contributed by atoms with van der Waals surface area (Å²) in [6.45, 7) is 1.63. The molecular formula is C13H15NO5. The molecule has 1 aliphatic rings. The molecule has 1 unspecified atom stereocenters. The highest BCUT2D eigenvalue weighted by Crippen LogP contribution is 2.11. The number of carboxylic acids is 1. The number of rotatable bonds is 5. The van der Waals surface area contributed by atoms with Gasteiger partial charge >= 0.3 is 11.9 Å². The monoisotopic (exact) mass is 265 g/mol. The third-order valence-electron chi connectivity index (χ3n) is 2.78. The average Bonchev–Trinajstić information content (AvgIpc) is 2.91. The van der Waals surface area contributed by atoms with Gasteiger partial charge in [-0.05, 0) is 12.1 Å². The first-order valence-electron chi connectivity index (χ1n) is 6.03. The van der Waals surface area contributed by atoms with Gasteiger partial charge < -0.3 is 14.6 Å². The van der Waals surface area contributed by atoms with Gasteiger partial charge in [0, 0.05) is 13.0 Å². The highest BCUT2D eigenvalue weighted by atomic mass is 16.5. The summed E-state index contributed by atoms with van der Waals surface area (Å²) >= 11 is 0. The van der Waals surface area contributed by atoms with Crippen molar-refractivity contribution in [2.45, 2.75) is 12.6 Å². The van der Waals surface area contributed by atoms with Crippen molar-refractivity contribution in [3.63, 3.8) is 0 Å². The average molecular weight is 265 g/mol. The van der Waals surface area contributed by atoms with Crippen molar-refractivity contribution in [3.8, 4) is 0 Å². The third kappa shape index (κ3) is 3.52. The van der Waals surface area contributed by atoms with E-state index in [-0.39, 0.29) is 24.0 Å². The predicted molar refractivity (Wildman–Crippen MR) is 66.0 cm³/mol. The van der Waals surface area contributed by atoms with E-state index in [0.717, 1.165) is 6.54 Å². The van der Waals surface area contributed by atoms with Crippen LogP contribution < -0.4 is 5.32 Å². The van der Waals surface area contributed by atoms with E-state index in [9.17, 15) is 9.59 Å². The van der Waals surface area contributed by atoms with Gasteiger partial charge in [-0.2, -0.15) is 0 Å². The largest absolute Gasteiger partial charge is 0.478 e. The summed E-state index contributed by atoms with van der Waals surface area (Å²) in [6.07, 6.45) is 0.448. The molecular weight excluding hydrogens is 250 g/mol. The lowest BCUT2D eigenvalue weighted by Gasteiger charge is -2.10. The molecule has 0 bridgehead atoms. The quantitative estimate of drug-likeness (QED) is 0.769.